The highest BCUT2D eigenvalue weighted by molar-refractivity contribution is 5.49. The highest BCUT2D eigenvalue weighted by atomic mass is 16.5. The van der Waals surface area contributed by atoms with Crippen LogP contribution < -0.4 is 10.1 Å². The highest BCUT2D eigenvalue weighted by Crippen LogP contribution is 2.20. The predicted octanol–water partition coefficient (Wildman–Crippen LogP) is 1.24. The van der Waals surface area contributed by atoms with Crippen LogP contribution in [-0.4, -0.2) is 38.6 Å². The minimum absolute atomic E-state index is 0.442. The fourth-order valence-corrected chi connectivity index (χ4v) is 1.64. The second-order valence-electron chi connectivity index (χ2n) is 4.47. The summed E-state index contributed by atoms with van der Waals surface area (Å²) in [6.07, 6.45) is 6.99. The van der Waals surface area contributed by atoms with Gasteiger partial charge in [0.1, 0.15) is 5.75 Å². The maximum Gasteiger partial charge on any atom is 0.207 e. The molecule has 0 unspecified atom stereocenters. The molecule has 0 saturated carbocycles. The number of hydrogen-bond acceptors (Lipinski definition) is 3. The molecule has 1 rings (SSSR count). The lowest BCUT2D eigenvalue weighted by Crippen LogP contribution is -2.16. The Morgan fingerprint density at radius 1 is 1.47 bits per heavy atom. The van der Waals surface area contributed by atoms with E-state index in [4.69, 9.17) is 11.2 Å². The lowest BCUT2D eigenvalue weighted by molar-refractivity contribution is -0.109. The van der Waals surface area contributed by atoms with E-state index in [1.807, 2.05) is 32.3 Å². The summed E-state index contributed by atoms with van der Waals surface area (Å²) in [7, 11) is 4.05. The van der Waals surface area contributed by atoms with Crippen LogP contribution in [0.15, 0.2) is 18.2 Å². The Morgan fingerprint density at radius 3 is 2.89 bits per heavy atom. The third-order valence-corrected chi connectivity index (χ3v) is 2.62. The van der Waals surface area contributed by atoms with Crippen LogP contribution in [0.5, 0.6) is 5.75 Å². The molecule has 0 fully saturated rings. The van der Waals surface area contributed by atoms with Gasteiger partial charge in [0, 0.05) is 24.2 Å². The van der Waals surface area contributed by atoms with E-state index in [0.29, 0.717) is 19.6 Å². The van der Waals surface area contributed by atoms with Crippen LogP contribution in [0.4, 0.5) is 0 Å². The summed E-state index contributed by atoms with van der Waals surface area (Å²) in [5, 5.41) is 2.63. The van der Waals surface area contributed by atoms with Crippen LogP contribution in [0.25, 0.3) is 0 Å². The van der Waals surface area contributed by atoms with Crippen molar-refractivity contribution >= 4 is 6.41 Å². The van der Waals surface area contributed by atoms with Crippen molar-refractivity contribution in [3.8, 4) is 18.1 Å². The van der Waals surface area contributed by atoms with Crippen LogP contribution in [0.3, 0.4) is 0 Å². The molecule has 4 heteroatoms. The molecule has 1 N–H and O–H groups in total. The van der Waals surface area contributed by atoms with Crippen LogP contribution >= 0.6 is 0 Å². The molecule has 0 aliphatic carbocycles. The van der Waals surface area contributed by atoms with Crippen molar-refractivity contribution in [1.29, 1.82) is 0 Å². The number of rotatable bonds is 8. The number of benzene rings is 1. The summed E-state index contributed by atoms with van der Waals surface area (Å²) in [6, 6.07) is 5.55. The van der Waals surface area contributed by atoms with Crippen LogP contribution in [0.2, 0.25) is 0 Å². The van der Waals surface area contributed by atoms with Crippen molar-refractivity contribution in [2.75, 3.05) is 27.2 Å². The summed E-state index contributed by atoms with van der Waals surface area (Å²) in [5.41, 5.74) is 1.70. The van der Waals surface area contributed by atoms with Crippen LogP contribution in [-0.2, 0) is 11.3 Å². The SMILES string of the molecule is C#Cc1ccc(CNC=O)c(OCCCN(C)C)c1. The van der Waals surface area contributed by atoms with Gasteiger partial charge in [-0.1, -0.05) is 12.0 Å². The van der Waals surface area contributed by atoms with E-state index in [2.05, 4.69) is 16.1 Å². The third kappa shape index (κ3) is 5.45. The third-order valence-electron chi connectivity index (χ3n) is 2.62. The zero-order chi connectivity index (χ0) is 14.1. The lowest BCUT2D eigenvalue weighted by atomic mass is 10.1. The van der Waals surface area contributed by atoms with Gasteiger partial charge in [0.25, 0.3) is 0 Å². The normalized spacial score (nSPS) is 10.0. The highest BCUT2D eigenvalue weighted by Gasteiger charge is 2.04. The molecular weight excluding hydrogens is 240 g/mol. The average Bonchev–Trinajstić information content (AvgIpc) is 2.41. The van der Waals surface area contributed by atoms with Gasteiger partial charge in [-0.05, 0) is 32.6 Å². The maximum absolute atomic E-state index is 10.4. The fourth-order valence-electron chi connectivity index (χ4n) is 1.64. The number of hydrogen-bond donors (Lipinski definition) is 1. The van der Waals surface area contributed by atoms with Gasteiger partial charge >= 0.3 is 0 Å². The Labute approximate surface area is 114 Å². The number of carbonyl (C=O) groups excluding carboxylic acids is 1. The zero-order valence-electron chi connectivity index (χ0n) is 11.5. The van der Waals surface area contributed by atoms with E-state index < -0.39 is 0 Å². The molecule has 1 amide bonds. The Hall–Kier alpha value is -1.99. The van der Waals surface area contributed by atoms with Gasteiger partial charge in [0.15, 0.2) is 0 Å². The molecule has 0 aliphatic heterocycles. The van der Waals surface area contributed by atoms with E-state index in [1.165, 1.54) is 0 Å². The lowest BCUT2D eigenvalue weighted by Gasteiger charge is -2.13. The number of nitrogens with one attached hydrogen (secondary N) is 1. The van der Waals surface area contributed by atoms with E-state index in [1.54, 1.807) is 0 Å². The molecule has 0 heterocycles. The minimum Gasteiger partial charge on any atom is -0.493 e. The van der Waals surface area contributed by atoms with Crippen LogP contribution in [0.1, 0.15) is 17.5 Å². The van der Waals surface area contributed by atoms with Gasteiger partial charge < -0.3 is 15.0 Å². The van der Waals surface area contributed by atoms with Crippen LogP contribution in [0, 0.1) is 12.3 Å². The summed E-state index contributed by atoms with van der Waals surface area (Å²) in [6.45, 7) is 2.04. The molecule has 19 heavy (non-hydrogen) atoms. The van der Waals surface area contributed by atoms with E-state index in [0.717, 1.165) is 29.8 Å². The molecule has 4 nitrogen and oxygen atoms in total. The first-order valence-corrected chi connectivity index (χ1v) is 6.21. The van der Waals surface area contributed by atoms with Crippen molar-refractivity contribution in [3.63, 3.8) is 0 Å². The first-order chi connectivity index (χ1) is 9.17. The topological polar surface area (TPSA) is 41.6 Å². The first kappa shape index (κ1) is 15.1. The van der Waals surface area contributed by atoms with Gasteiger partial charge in [-0.3, -0.25) is 4.79 Å². The fraction of sp³-hybridized carbons (Fsp3) is 0.400. The smallest absolute Gasteiger partial charge is 0.207 e. The summed E-state index contributed by atoms with van der Waals surface area (Å²) in [5.74, 6) is 3.32. The molecular formula is C15H20N2O2. The Morgan fingerprint density at radius 2 is 2.26 bits per heavy atom. The quantitative estimate of drug-likeness (QED) is 0.434. The predicted molar refractivity (Wildman–Crippen MR) is 75.9 cm³/mol. The molecule has 102 valence electrons. The number of ether oxygens (including phenoxy) is 1. The number of amides is 1. The van der Waals surface area contributed by atoms with E-state index in [9.17, 15) is 4.79 Å². The molecule has 0 spiro atoms. The Bertz CT molecular complexity index is 450. The molecule has 0 bridgehead atoms. The standard InChI is InChI=1S/C15H20N2O2/c1-4-13-6-7-14(11-16-12-18)15(10-13)19-9-5-8-17(2)3/h1,6-7,10,12H,5,8-9,11H2,2-3H3,(H,16,18). The molecule has 0 aromatic heterocycles. The molecule has 0 radical (unpaired) electrons. The maximum atomic E-state index is 10.4. The molecule has 0 saturated heterocycles. The summed E-state index contributed by atoms with van der Waals surface area (Å²) < 4.78 is 5.75. The van der Waals surface area contributed by atoms with Gasteiger partial charge in [0.05, 0.1) is 6.61 Å². The first-order valence-electron chi connectivity index (χ1n) is 6.21. The van der Waals surface area contributed by atoms with Crippen molar-refractivity contribution in [2.24, 2.45) is 0 Å². The van der Waals surface area contributed by atoms with Crippen molar-refractivity contribution in [1.82, 2.24) is 10.2 Å². The molecule has 1 aromatic rings. The molecule has 0 aliphatic rings. The number of nitrogens with zero attached hydrogens (tertiary/aromatic N) is 1. The summed E-state index contributed by atoms with van der Waals surface area (Å²) >= 11 is 0. The van der Waals surface area contributed by atoms with E-state index >= 15 is 0 Å². The number of terminal acetylenes is 1. The van der Waals surface area contributed by atoms with Gasteiger partial charge in [-0.25, -0.2) is 0 Å². The van der Waals surface area contributed by atoms with Gasteiger partial charge in [0.2, 0.25) is 6.41 Å². The Kier molecular flexibility index (Phi) is 6.48. The largest absolute Gasteiger partial charge is 0.493 e. The van der Waals surface area contributed by atoms with Gasteiger partial charge in [-0.2, -0.15) is 0 Å². The Balaban J connectivity index is 2.66. The average molecular weight is 260 g/mol. The minimum atomic E-state index is 0.442. The number of carbonyl (C=O) groups is 1. The van der Waals surface area contributed by atoms with Gasteiger partial charge in [-0.15, -0.1) is 6.42 Å². The molecule has 1 aromatic carbocycles. The summed E-state index contributed by atoms with van der Waals surface area (Å²) in [4.78, 5) is 12.5. The zero-order valence-corrected chi connectivity index (χ0v) is 11.5. The van der Waals surface area contributed by atoms with Crippen molar-refractivity contribution in [3.05, 3.63) is 29.3 Å². The second-order valence-corrected chi connectivity index (χ2v) is 4.47. The monoisotopic (exact) mass is 260 g/mol. The molecule has 0 atom stereocenters. The van der Waals surface area contributed by atoms with Crippen molar-refractivity contribution in [2.45, 2.75) is 13.0 Å². The van der Waals surface area contributed by atoms with Crippen molar-refractivity contribution < 1.29 is 9.53 Å². The van der Waals surface area contributed by atoms with E-state index in [-0.39, 0.29) is 0 Å². The second kappa shape index (κ2) is 8.17.